The summed E-state index contributed by atoms with van der Waals surface area (Å²) in [6.45, 7) is 4.17. The van der Waals surface area contributed by atoms with Crippen molar-refractivity contribution in [1.82, 2.24) is 5.32 Å². The van der Waals surface area contributed by atoms with Crippen molar-refractivity contribution >= 4 is 11.7 Å². The van der Waals surface area contributed by atoms with Gasteiger partial charge in [0.1, 0.15) is 5.78 Å². The molecule has 1 atom stereocenters. The number of amides is 1. The Labute approximate surface area is 102 Å². The minimum absolute atomic E-state index is 0.0142. The van der Waals surface area contributed by atoms with E-state index >= 15 is 0 Å². The van der Waals surface area contributed by atoms with Crippen LogP contribution in [0.2, 0.25) is 0 Å². The molecule has 1 rings (SSSR count). The highest BCUT2D eigenvalue weighted by Crippen LogP contribution is 2.17. The van der Waals surface area contributed by atoms with E-state index in [1.165, 1.54) is 12.5 Å². The lowest BCUT2D eigenvalue weighted by Crippen LogP contribution is -2.26. The molecule has 0 spiro atoms. The minimum Gasteiger partial charge on any atom is -0.356 e. The Morgan fingerprint density at radius 1 is 1.24 bits per heavy atom. The van der Waals surface area contributed by atoms with Gasteiger partial charge in [-0.2, -0.15) is 0 Å². The number of benzene rings is 1. The van der Waals surface area contributed by atoms with Crippen LogP contribution >= 0.6 is 0 Å². The summed E-state index contributed by atoms with van der Waals surface area (Å²) in [7, 11) is 0. The zero-order valence-corrected chi connectivity index (χ0v) is 10.4. The number of carbonyl (C=O) groups excluding carboxylic acids is 2. The molecule has 0 fully saturated rings. The fourth-order valence-electron chi connectivity index (χ4n) is 1.66. The molecule has 3 nitrogen and oxygen atoms in total. The van der Waals surface area contributed by atoms with Crippen LogP contribution in [0.15, 0.2) is 30.3 Å². The van der Waals surface area contributed by atoms with E-state index < -0.39 is 0 Å². The number of hydrogen-bond acceptors (Lipinski definition) is 2. The van der Waals surface area contributed by atoms with Crippen LogP contribution in [0.25, 0.3) is 0 Å². The summed E-state index contributed by atoms with van der Waals surface area (Å²) in [4.78, 5) is 22.0. The Kier molecular flexibility index (Phi) is 5.40. The predicted molar refractivity (Wildman–Crippen MR) is 67.8 cm³/mol. The van der Waals surface area contributed by atoms with E-state index in [2.05, 4.69) is 24.4 Å². The van der Waals surface area contributed by atoms with E-state index in [-0.39, 0.29) is 18.1 Å². The molecule has 3 heteroatoms. The molecule has 1 unspecified atom stereocenters. The summed E-state index contributed by atoms with van der Waals surface area (Å²) in [6, 6.07) is 10.2. The summed E-state index contributed by atoms with van der Waals surface area (Å²) in [6.07, 6.45) is 0.868. The first-order valence-corrected chi connectivity index (χ1v) is 5.90. The molecule has 0 aliphatic carbocycles. The van der Waals surface area contributed by atoms with Gasteiger partial charge in [0.15, 0.2) is 0 Å². The molecule has 0 aliphatic heterocycles. The molecular weight excluding hydrogens is 214 g/mol. The third-order valence-electron chi connectivity index (χ3n) is 2.68. The maximum Gasteiger partial charge on any atom is 0.227 e. The SMILES string of the molecule is CC(=O)CC(=O)NCCC(C)c1ccccc1. The molecule has 0 aliphatic rings. The summed E-state index contributed by atoms with van der Waals surface area (Å²) in [5.74, 6) is 0.130. The van der Waals surface area contributed by atoms with Crippen molar-refractivity contribution in [2.75, 3.05) is 6.54 Å². The van der Waals surface area contributed by atoms with Gasteiger partial charge in [0.05, 0.1) is 6.42 Å². The van der Waals surface area contributed by atoms with Crippen LogP contribution in [-0.4, -0.2) is 18.2 Å². The molecule has 0 saturated carbocycles. The van der Waals surface area contributed by atoms with Gasteiger partial charge < -0.3 is 5.32 Å². The predicted octanol–water partition coefficient (Wildman–Crippen LogP) is 2.28. The molecule has 1 aromatic rings. The second kappa shape index (κ2) is 6.84. The molecule has 0 bridgehead atoms. The zero-order chi connectivity index (χ0) is 12.7. The van der Waals surface area contributed by atoms with Gasteiger partial charge in [-0.25, -0.2) is 0 Å². The van der Waals surface area contributed by atoms with Gasteiger partial charge in [-0.1, -0.05) is 37.3 Å². The molecule has 0 radical (unpaired) electrons. The lowest BCUT2D eigenvalue weighted by Gasteiger charge is -2.12. The van der Waals surface area contributed by atoms with Gasteiger partial charge in [0.2, 0.25) is 5.91 Å². The lowest BCUT2D eigenvalue weighted by molar-refractivity contribution is -0.127. The maximum absolute atomic E-state index is 11.2. The van der Waals surface area contributed by atoms with Crippen LogP contribution in [0.3, 0.4) is 0 Å². The third kappa shape index (κ3) is 5.29. The van der Waals surface area contributed by atoms with Crippen LogP contribution in [0, 0.1) is 0 Å². The van der Waals surface area contributed by atoms with Gasteiger partial charge in [-0.05, 0) is 24.8 Å². The van der Waals surface area contributed by atoms with Gasteiger partial charge in [-0.3, -0.25) is 9.59 Å². The van der Waals surface area contributed by atoms with Crippen LogP contribution in [0.5, 0.6) is 0 Å². The van der Waals surface area contributed by atoms with Crippen molar-refractivity contribution in [3.63, 3.8) is 0 Å². The molecule has 0 aromatic heterocycles. The van der Waals surface area contributed by atoms with Gasteiger partial charge in [-0.15, -0.1) is 0 Å². The van der Waals surface area contributed by atoms with E-state index in [1.807, 2.05) is 18.2 Å². The second-order valence-corrected chi connectivity index (χ2v) is 4.33. The van der Waals surface area contributed by atoms with E-state index in [0.29, 0.717) is 12.5 Å². The van der Waals surface area contributed by atoms with E-state index in [1.54, 1.807) is 0 Å². The average molecular weight is 233 g/mol. The van der Waals surface area contributed by atoms with Crippen LogP contribution < -0.4 is 5.32 Å². The van der Waals surface area contributed by atoms with E-state index in [0.717, 1.165) is 6.42 Å². The Bertz CT molecular complexity index is 373. The van der Waals surface area contributed by atoms with Gasteiger partial charge >= 0.3 is 0 Å². The maximum atomic E-state index is 11.2. The Morgan fingerprint density at radius 2 is 1.88 bits per heavy atom. The molecule has 17 heavy (non-hydrogen) atoms. The van der Waals surface area contributed by atoms with Crippen molar-refractivity contribution in [2.24, 2.45) is 0 Å². The number of Topliss-reactive ketones (excluding diaryl/α,β-unsaturated/α-hetero) is 1. The number of nitrogens with one attached hydrogen (secondary N) is 1. The van der Waals surface area contributed by atoms with Crippen LogP contribution in [0.1, 0.15) is 38.2 Å². The van der Waals surface area contributed by atoms with Crippen molar-refractivity contribution in [1.29, 1.82) is 0 Å². The first-order valence-electron chi connectivity index (χ1n) is 5.90. The van der Waals surface area contributed by atoms with Gasteiger partial charge in [0, 0.05) is 6.54 Å². The summed E-state index contributed by atoms with van der Waals surface area (Å²) < 4.78 is 0. The Balaban J connectivity index is 2.27. The monoisotopic (exact) mass is 233 g/mol. The molecule has 1 N–H and O–H groups in total. The minimum atomic E-state index is -0.183. The average Bonchev–Trinajstić information content (AvgIpc) is 2.29. The summed E-state index contributed by atoms with van der Waals surface area (Å²) in [5, 5.41) is 2.75. The van der Waals surface area contributed by atoms with Gasteiger partial charge in [0.25, 0.3) is 0 Å². The topological polar surface area (TPSA) is 46.2 Å². The van der Waals surface area contributed by atoms with Crippen molar-refractivity contribution < 1.29 is 9.59 Å². The third-order valence-corrected chi connectivity index (χ3v) is 2.68. The highest BCUT2D eigenvalue weighted by Gasteiger charge is 2.07. The van der Waals surface area contributed by atoms with E-state index in [9.17, 15) is 9.59 Å². The normalized spacial score (nSPS) is 11.9. The quantitative estimate of drug-likeness (QED) is 0.766. The highest BCUT2D eigenvalue weighted by molar-refractivity contribution is 5.96. The molecule has 0 saturated heterocycles. The van der Waals surface area contributed by atoms with Crippen molar-refractivity contribution in [3.8, 4) is 0 Å². The largest absolute Gasteiger partial charge is 0.356 e. The fourth-order valence-corrected chi connectivity index (χ4v) is 1.66. The number of rotatable bonds is 6. The van der Waals surface area contributed by atoms with Crippen molar-refractivity contribution in [3.05, 3.63) is 35.9 Å². The summed E-state index contributed by atoms with van der Waals surface area (Å²) in [5.41, 5.74) is 1.27. The molecular formula is C14H19NO2. The Hall–Kier alpha value is -1.64. The smallest absolute Gasteiger partial charge is 0.227 e. The van der Waals surface area contributed by atoms with Crippen LogP contribution in [-0.2, 0) is 9.59 Å². The Morgan fingerprint density at radius 3 is 2.47 bits per heavy atom. The number of carbonyl (C=O) groups is 2. The standard InChI is InChI=1S/C14H19NO2/c1-11(13-6-4-3-5-7-13)8-9-15-14(17)10-12(2)16/h3-7,11H,8-10H2,1-2H3,(H,15,17). The summed E-state index contributed by atoms with van der Waals surface area (Å²) >= 11 is 0. The number of ketones is 1. The first kappa shape index (κ1) is 13.4. The number of hydrogen-bond donors (Lipinski definition) is 1. The molecule has 0 heterocycles. The van der Waals surface area contributed by atoms with Crippen molar-refractivity contribution in [2.45, 2.75) is 32.6 Å². The lowest BCUT2D eigenvalue weighted by atomic mass is 9.98. The first-order chi connectivity index (χ1) is 8.09. The zero-order valence-electron chi connectivity index (χ0n) is 10.4. The molecule has 1 aromatic carbocycles. The molecule has 92 valence electrons. The highest BCUT2D eigenvalue weighted by atomic mass is 16.2. The van der Waals surface area contributed by atoms with E-state index in [4.69, 9.17) is 0 Å². The second-order valence-electron chi connectivity index (χ2n) is 4.33. The molecule has 1 amide bonds. The fraction of sp³-hybridized carbons (Fsp3) is 0.429. The van der Waals surface area contributed by atoms with Crippen LogP contribution in [0.4, 0.5) is 0 Å².